The van der Waals surface area contributed by atoms with Crippen molar-refractivity contribution in [3.63, 3.8) is 0 Å². The van der Waals surface area contributed by atoms with E-state index < -0.39 is 11.6 Å². The molecule has 0 aromatic rings. The van der Waals surface area contributed by atoms with Crippen LogP contribution in [0.3, 0.4) is 0 Å². The third-order valence-electron chi connectivity index (χ3n) is 1.39. The first kappa shape index (κ1) is 11.9. The maximum Gasteiger partial charge on any atom is 0.335 e. The second kappa shape index (κ2) is 4.81. The number of rotatable bonds is 5. The van der Waals surface area contributed by atoms with Gasteiger partial charge in [0.25, 0.3) is 0 Å². The minimum Gasteiger partial charge on any atom is -0.479 e. The molecule has 5 nitrogen and oxygen atoms in total. The summed E-state index contributed by atoms with van der Waals surface area (Å²) < 4.78 is 0. The minimum absolute atomic E-state index is 0.0130. The third-order valence-corrected chi connectivity index (χ3v) is 1.39. The van der Waals surface area contributed by atoms with Crippen LogP contribution in [-0.4, -0.2) is 34.1 Å². The molecule has 0 aromatic carbocycles. The van der Waals surface area contributed by atoms with Crippen LogP contribution in [0.1, 0.15) is 27.2 Å². The molecule has 1 atom stereocenters. The van der Waals surface area contributed by atoms with Crippen LogP contribution >= 0.6 is 0 Å². The van der Waals surface area contributed by atoms with Crippen LogP contribution in [0.2, 0.25) is 0 Å². The molecule has 0 saturated heterocycles. The van der Waals surface area contributed by atoms with Crippen molar-refractivity contribution in [3.05, 3.63) is 0 Å². The van der Waals surface area contributed by atoms with Gasteiger partial charge in [-0.2, -0.15) is 0 Å². The Hall–Kier alpha value is -1.10. The zero-order valence-corrected chi connectivity index (χ0v) is 8.07. The van der Waals surface area contributed by atoms with Gasteiger partial charge in [-0.15, -0.1) is 0 Å². The molecule has 1 unspecified atom stereocenters. The third kappa shape index (κ3) is 5.19. The number of aliphatic hydroxyl groups is 1. The second-order valence-corrected chi connectivity index (χ2v) is 3.20. The van der Waals surface area contributed by atoms with E-state index >= 15 is 0 Å². The Labute approximate surface area is 77.0 Å². The molecular weight excluding hydrogens is 174 g/mol. The lowest BCUT2D eigenvalue weighted by Crippen LogP contribution is -2.35. The second-order valence-electron chi connectivity index (χ2n) is 3.20. The highest BCUT2D eigenvalue weighted by molar-refractivity contribution is 5.78. The van der Waals surface area contributed by atoms with Gasteiger partial charge in [-0.1, -0.05) is 5.16 Å². The molecule has 76 valence electrons. The Morgan fingerprint density at radius 3 is 2.46 bits per heavy atom. The average molecular weight is 189 g/mol. The zero-order chi connectivity index (χ0) is 10.5. The minimum atomic E-state index is -1.74. The van der Waals surface area contributed by atoms with Gasteiger partial charge >= 0.3 is 5.97 Å². The molecule has 0 aliphatic carbocycles. The molecule has 13 heavy (non-hydrogen) atoms. The highest BCUT2D eigenvalue weighted by atomic mass is 16.6. The van der Waals surface area contributed by atoms with Crippen molar-refractivity contribution in [1.29, 1.82) is 0 Å². The maximum atomic E-state index is 10.4. The van der Waals surface area contributed by atoms with Crippen molar-refractivity contribution in [1.82, 2.24) is 0 Å². The fourth-order valence-corrected chi connectivity index (χ4v) is 0.526. The smallest absolute Gasteiger partial charge is 0.335 e. The summed E-state index contributed by atoms with van der Waals surface area (Å²) >= 11 is 0. The van der Waals surface area contributed by atoms with Gasteiger partial charge in [0.15, 0.2) is 5.60 Å². The molecule has 0 amide bonds. The molecule has 2 N–H and O–H groups in total. The Bertz CT molecular complexity index is 206. The predicted molar refractivity (Wildman–Crippen MR) is 47.6 cm³/mol. The lowest BCUT2D eigenvalue weighted by Gasteiger charge is -2.16. The van der Waals surface area contributed by atoms with Crippen LogP contribution in [0.15, 0.2) is 5.16 Å². The van der Waals surface area contributed by atoms with Gasteiger partial charge in [-0.25, -0.2) is 4.79 Å². The number of aliphatic carboxylic acids is 1. The van der Waals surface area contributed by atoms with Crippen molar-refractivity contribution in [2.75, 3.05) is 6.61 Å². The zero-order valence-electron chi connectivity index (χ0n) is 8.07. The van der Waals surface area contributed by atoms with E-state index in [2.05, 4.69) is 5.16 Å². The van der Waals surface area contributed by atoms with Crippen LogP contribution in [0.25, 0.3) is 0 Å². The van der Waals surface area contributed by atoms with Crippen LogP contribution in [0.4, 0.5) is 0 Å². The highest BCUT2D eigenvalue weighted by Crippen LogP contribution is 2.08. The van der Waals surface area contributed by atoms with Gasteiger partial charge in [-0.05, 0) is 20.8 Å². The molecule has 0 rings (SSSR count). The van der Waals surface area contributed by atoms with Crippen LogP contribution < -0.4 is 0 Å². The monoisotopic (exact) mass is 189 g/mol. The summed E-state index contributed by atoms with van der Waals surface area (Å²) in [6, 6.07) is 0. The summed E-state index contributed by atoms with van der Waals surface area (Å²) in [5.41, 5.74) is -0.994. The molecule has 0 radical (unpaired) electrons. The first-order chi connectivity index (χ1) is 5.86. The number of nitrogens with zero attached hydrogens (tertiary/aromatic N) is 1. The van der Waals surface area contributed by atoms with Gasteiger partial charge in [0.2, 0.25) is 0 Å². The van der Waals surface area contributed by atoms with E-state index in [1.54, 1.807) is 13.8 Å². The lowest BCUT2D eigenvalue weighted by atomic mass is 10.0. The molecule has 0 bridgehead atoms. The fraction of sp³-hybridized carbons (Fsp3) is 0.750. The van der Waals surface area contributed by atoms with E-state index in [1.165, 1.54) is 6.92 Å². The highest BCUT2D eigenvalue weighted by Gasteiger charge is 2.29. The van der Waals surface area contributed by atoms with Crippen molar-refractivity contribution in [3.8, 4) is 0 Å². The molecule has 0 aliphatic heterocycles. The summed E-state index contributed by atoms with van der Waals surface area (Å²) in [6.45, 7) is 4.83. The van der Waals surface area contributed by atoms with Gasteiger partial charge in [0.1, 0.15) is 6.61 Å². The number of carboxylic acid groups (broad SMARTS) is 1. The van der Waals surface area contributed by atoms with Crippen molar-refractivity contribution < 1.29 is 19.8 Å². The summed E-state index contributed by atoms with van der Waals surface area (Å²) in [7, 11) is 0. The molecule has 0 aromatic heterocycles. The quantitative estimate of drug-likeness (QED) is 0.377. The first-order valence-electron chi connectivity index (χ1n) is 3.95. The summed E-state index contributed by atoms with van der Waals surface area (Å²) in [5, 5.41) is 21.3. The average Bonchev–Trinajstić information content (AvgIpc) is 1.97. The van der Waals surface area contributed by atoms with Crippen molar-refractivity contribution >= 4 is 11.7 Å². The number of hydrogen-bond donors (Lipinski definition) is 2. The van der Waals surface area contributed by atoms with Crippen molar-refractivity contribution in [2.24, 2.45) is 5.16 Å². The van der Waals surface area contributed by atoms with Crippen LogP contribution in [0, 0.1) is 0 Å². The Morgan fingerprint density at radius 2 is 2.08 bits per heavy atom. The first-order valence-corrected chi connectivity index (χ1v) is 3.95. The molecule has 0 saturated carbocycles. The Kier molecular flexibility index (Phi) is 4.40. The van der Waals surface area contributed by atoms with E-state index in [1.807, 2.05) is 0 Å². The summed E-state index contributed by atoms with van der Waals surface area (Å²) in [5.74, 6) is -1.26. The van der Waals surface area contributed by atoms with Gasteiger partial charge in [0.05, 0.1) is 5.71 Å². The topological polar surface area (TPSA) is 79.1 Å². The molecule has 0 aliphatic rings. The largest absolute Gasteiger partial charge is 0.479 e. The molecular formula is C8H15NO4. The lowest BCUT2D eigenvalue weighted by molar-refractivity contribution is -0.158. The Morgan fingerprint density at radius 1 is 1.54 bits per heavy atom. The van der Waals surface area contributed by atoms with Crippen LogP contribution in [0.5, 0.6) is 0 Å². The number of hydrogen-bond acceptors (Lipinski definition) is 4. The molecule has 5 heteroatoms. The fourth-order valence-electron chi connectivity index (χ4n) is 0.526. The van der Waals surface area contributed by atoms with E-state index in [-0.39, 0.29) is 13.0 Å². The van der Waals surface area contributed by atoms with E-state index in [9.17, 15) is 9.90 Å². The van der Waals surface area contributed by atoms with Gasteiger partial charge in [0, 0.05) is 6.42 Å². The number of carboxylic acids is 1. The normalized spacial score (nSPS) is 14.5. The molecule has 0 heterocycles. The van der Waals surface area contributed by atoms with Gasteiger partial charge in [-0.3, -0.25) is 0 Å². The van der Waals surface area contributed by atoms with Crippen LogP contribution in [-0.2, 0) is 9.63 Å². The predicted octanol–water partition coefficient (Wildman–Crippen LogP) is 0.625. The summed E-state index contributed by atoms with van der Waals surface area (Å²) in [6.07, 6.45) is 0.0130. The van der Waals surface area contributed by atoms with E-state index in [0.29, 0.717) is 0 Å². The Balaban J connectivity index is 3.77. The number of oxime groups is 1. The standard InChI is InChI=1S/C8H15NO4/c1-6(2)9-13-5-4-8(3,12)7(10)11/h12H,4-5H2,1-3H3,(H,10,11). The van der Waals surface area contributed by atoms with Gasteiger partial charge < -0.3 is 15.1 Å². The number of carbonyl (C=O) groups is 1. The molecule has 0 fully saturated rings. The summed E-state index contributed by atoms with van der Waals surface area (Å²) in [4.78, 5) is 15.2. The van der Waals surface area contributed by atoms with E-state index in [0.717, 1.165) is 5.71 Å². The maximum absolute atomic E-state index is 10.4. The van der Waals surface area contributed by atoms with E-state index in [4.69, 9.17) is 9.94 Å². The SMILES string of the molecule is CC(C)=NOCCC(C)(O)C(=O)O. The van der Waals surface area contributed by atoms with Crippen molar-refractivity contribution in [2.45, 2.75) is 32.8 Å². The molecule has 0 spiro atoms.